The first-order valence-electron chi connectivity index (χ1n) is 11.2. The van der Waals surface area contributed by atoms with Gasteiger partial charge in [0.05, 0.1) is 38.9 Å². The average molecular weight is 431 g/mol. The van der Waals surface area contributed by atoms with Crippen LogP contribution in [-0.4, -0.2) is 49.3 Å². The molecule has 1 aliphatic heterocycles. The maximum Gasteiger partial charge on any atom is 0.255 e. The Bertz CT molecular complexity index is 1050. The predicted molar refractivity (Wildman–Crippen MR) is 129 cm³/mol. The summed E-state index contributed by atoms with van der Waals surface area (Å²) in [6.07, 6.45) is 0. The molecule has 4 rings (SSSR count). The number of quaternary nitrogens is 1. The number of hydrogen-bond donors (Lipinski definition) is 2. The van der Waals surface area contributed by atoms with Gasteiger partial charge in [-0.2, -0.15) is 0 Å². The molecule has 2 N–H and O–H groups in total. The molecule has 1 fully saturated rings. The number of nitrogens with one attached hydrogen (secondary N) is 2. The molecular formula is C26H32N5O+. The van der Waals surface area contributed by atoms with Crippen molar-refractivity contribution in [3.63, 3.8) is 0 Å². The zero-order valence-electron chi connectivity index (χ0n) is 19.4. The maximum absolute atomic E-state index is 12.6. The molecule has 1 saturated heterocycles. The van der Waals surface area contributed by atoms with Crippen LogP contribution in [0.2, 0.25) is 0 Å². The number of amides is 1. The number of benzene rings is 2. The number of carbonyl (C=O) groups is 1. The lowest BCUT2D eigenvalue weighted by atomic mass is 9.87. The lowest BCUT2D eigenvalue weighted by Crippen LogP contribution is -3.12. The highest BCUT2D eigenvalue weighted by Crippen LogP contribution is 2.23. The Hall–Kier alpha value is -3.25. The topological polar surface area (TPSA) is 62.6 Å². The second-order valence-electron chi connectivity index (χ2n) is 9.58. The van der Waals surface area contributed by atoms with E-state index in [2.05, 4.69) is 48.2 Å². The van der Waals surface area contributed by atoms with Crippen molar-refractivity contribution in [1.82, 2.24) is 10.2 Å². The van der Waals surface area contributed by atoms with E-state index in [-0.39, 0.29) is 11.3 Å². The lowest BCUT2D eigenvalue weighted by molar-refractivity contribution is -0.880. The molecule has 0 saturated carbocycles. The second kappa shape index (κ2) is 9.09. The molecular weight excluding hydrogens is 398 g/mol. The van der Waals surface area contributed by atoms with E-state index in [1.165, 1.54) is 5.56 Å². The van der Waals surface area contributed by atoms with E-state index in [1.54, 1.807) is 4.90 Å². The van der Waals surface area contributed by atoms with Crippen LogP contribution < -0.4 is 15.1 Å². The molecule has 0 unspecified atom stereocenters. The van der Waals surface area contributed by atoms with Gasteiger partial charge in [0.2, 0.25) is 0 Å². The molecule has 32 heavy (non-hydrogen) atoms. The molecule has 3 aromatic rings. The lowest BCUT2D eigenvalue weighted by Gasteiger charge is -2.30. The third kappa shape index (κ3) is 5.14. The summed E-state index contributed by atoms with van der Waals surface area (Å²) in [5.74, 6) is 0.818. The van der Waals surface area contributed by atoms with E-state index in [4.69, 9.17) is 0 Å². The molecule has 1 aliphatic rings. The molecule has 6 heteroatoms. The second-order valence-corrected chi connectivity index (χ2v) is 9.58. The molecule has 2 heterocycles. The van der Waals surface area contributed by atoms with Crippen LogP contribution in [0.3, 0.4) is 0 Å². The highest BCUT2D eigenvalue weighted by Gasteiger charge is 2.18. The summed E-state index contributed by atoms with van der Waals surface area (Å²) >= 11 is 0. The van der Waals surface area contributed by atoms with E-state index in [9.17, 15) is 4.79 Å². The molecule has 0 radical (unpaired) electrons. The summed E-state index contributed by atoms with van der Waals surface area (Å²) in [6, 6.07) is 19.6. The molecule has 2 aromatic carbocycles. The van der Waals surface area contributed by atoms with Gasteiger partial charge in [0, 0.05) is 16.8 Å². The number of aromatic nitrogens is 2. The minimum absolute atomic E-state index is 0.0668. The van der Waals surface area contributed by atoms with Gasteiger partial charge in [-0.3, -0.25) is 4.79 Å². The van der Waals surface area contributed by atoms with Crippen molar-refractivity contribution in [3.8, 4) is 11.3 Å². The highest BCUT2D eigenvalue weighted by molar-refractivity contribution is 6.04. The fourth-order valence-electron chi connectivity index (χ4n) is 3.81. The predicted octanol–water partition coefficient (Wildman–Crippen LogP) is 3.03. The summed E-state index contributed by atoms with van der Waals surface area (Å²) < 4.78 is 0. The maximum atomic E-state index is 12.6. The molecule has 0 aliphatic carbocycles. The van der Waals surface area contributed by atoms with Crippen molar-refractivity contribution in [1.29, 1.82) is 0 Å². The van der Waals surface area contributed by atoms with E-state index in [0.717, 1.165) is 48.9 Å². The first-order valence-corrected chi connectivity index (χ1v) is 11.2. The first-order chi connectivity index (χ1) is 15.3. The Balaban J connectivity index is 1.39. The van der Waals surface area contributed by atoms with Crippen LogP contribution in [0.1, 0.15) is 36.7 Å². The normalized spacial score (nSPS) is 14.9. The molecule has 1 amide bonds. The van der Waals surface area contributed by atoms with Gasteiger partial charge in [-0.25, -0.2) is 0 Å². The SMILES string of the molecule is C[NH+]1CCN(c2ccc(-c3ccc(NC(=O)c4ccc(C(C)(C)C)cc4)cc3)nn2)CC1. The fourth-order valence-corrected chi connectivity index (χ4v) is 3.81. The van der Waals surface area contributed by atoms with E-state index in [0.29, 0.717) is 5.56 Å². The van der Waals surface area contributed by atoms with Crippen LogP contribution in [0.25, 0.3) is 11.3 Å². The number of piperazine rings is 1. The minimum Gasteiger partial charge on any atom is -0.344 e. The van der Waals surface area contributed by atoms with E-state index >= 15 is 0 Å². The van der Waals surface area contributed by atoms with E-state index in [1.807, 2.05) is 60.7 Å². The summed E-state index contributed by atoms with van der Waals surface area (Å²) in [5, 5.41) is 11.8. The third-order valence-electron chi connectivity index (χ3n) is 6.04. The van der Waals surface area contributed by atoms with Gasteiger partial charge in [0.25, 0.3) is 5.91 Å². The summed E-state index contributed by atoms with van der Waals surface area (Å²) in [6.45, 7) is 10.7. The third-order valence-corrected chi connectivity index (χ3v) is 6.04. The van der Waals surface area contributed by atoms with Crippen LogP contribution in [0.5, 0.6) is 0 Å². The van der Waals surface area contributed by atoms with Gasteiger partial charge < -0.3 is 15.1 Å². The van der Waals surface area contributed by atoms with Crippen molar-refractivity contribution in [2.75, 3.05) is 43.4 Å². The van der Waals surface area contributed by atoms with Crippen molar-refractivity contribution < 1.29 is 9.69 Å². The molecule has 166 valence electrons. The Kier molecular flexibility index (Phi) is 6.24. The Labute approximate surface area is 190 Å². The number of hydrogen-bond acceptors (Lipinski definition) is 4. The Morgan fingerprint density at radius 2 is 1.56 bits per heavy atom. The van der Waals surface area contributed by atoms with Crippen LogP contribution >= 0.6 is 0 Å². The quantitative estimate of drug-likeness (QED) is 0.668. The van der Waals surface area contributed by atoms with Crippen LogP contribution in [0.15, 0.2) is 60.7 Å². The Morgan fingerprint density at radius 1 is 0.906 bits per heavy atom. The molecule has 0 atom stereocenters. The van der Waals surface area contributed by atoms with Crippen LogP contribution in [0.4, 0.5) is 11.5 Å². The van der Waals surface area contributed by atoms with Crippen molar-refractivity contribution in [3.05, 3.63) is 71.8 Å². The molecule has 0 spiro atoms. The zero-order valence-corrected chi connectivity index (χ0v) is 19.4. The standard InChI is InChI=1S/C26H31N5O/c1-26(2,3)21-9-5-20(6-10-21)25(32)27-22-11-7-19(8-12-22)23-13-14-24(29-28-23)31-17-15-30(4)16-18-31/h5-14H,15-18H2,1-4H3,(H,27,32)/p+1. The number of likely N-dealkylation sites (N-methyl/N-ethyl adjacent to an activating group) is 1. The van der Waals surface area contributed by atoms with Gasteiger partial charge in [-0.15, -0.1) is 10.2 Å². The number of nitrogens with zero attached hydrogens (tertiary/aromatic N) is 3. The van der Waals surface area contributed by atoms with Gasteiger partial charge in [-0.1, -0.05) is 45.0 Å². The van der Waals surface area contributed by atoms with Gasteiger partial charge in [0.1, 0.15) is 0 Å². The number of carbonyl (C=O) groups excluding carboxylic acids is 1. The minimum atomic E-state index is -0.114. The van der Waals surface area contributed by atoms with Crippen LogP contribution in [0, 0.1) is 0 Å². The summed E-state index contributed by atoms with van der Waals surface area (Å²) in [4.78, 5) is 16.4. The van der Waals surface area contributed by atoms with Gasteiger partial charge >= 0.3 is 0 Å². The summed E-state index contributed by atoms with van der Waals surface area (Å²) in [7, 11) is 2.22. The zero-order chi connectivity index (χ0) is 22.7. The first kappa shape index (κ1) is 22.0. The number of rotatable bonds is 4. The number of anilines is 2. The molecule has 6 nitrogen and oxygen atoms in total. The molecule has 1 aromatic heterocycles. The summed E-state index contributed by atoms with van der Waals surface area (Å²) in [5.41, 5.74) is 4.47. The van der Waals surface area contributed by atoms with Crippen molar-refractivity contribution in [2.24, 2.45) is 0 Å². The van der Waals surface area contributed by atoms with E-state index < -0.39 is 0 Å². The Morgan fingerprint density at radius 3 is 2.12 bits per heavy atom. The smallest absolute Gasteiger partial charge is 0.255 e. The van der Waals surface area contributed by atoms with Gasteiger partial charge in [0.15, 0.2) is 5.82 Å². The van der Waals surface area contributed by atoms with Gasteiger partial charge in [-0.05, 0) is 47.4 Å². The highest BCUT2D eigenvalue weighted by atomic mass is 16.1. The molecule has 0 bridgehead atoms. The largest absolute Gasteiger partial charge is 0.344 e. The van der Waals surface area contributed by atoms with Crippen molar-refractivity contribution >= 4 is 17.4 Å². The van der Waals surface area contributed by atoms with Crippen molar-refractivity contribution in [2.45, 2.75) is 26.2 Å². The fraction of sp³-hybridized carbons (Fsp3) is 0.346. The monoisotopic (exact) mass is 430 g/mol. The average Bonchev–Trinajstić information content (AvgIpc) is 2.80. The van der Waals surface area contributed by atoms with Crippen LogP contribution in [-0.2, 0) is 5.41 Å².